The Labute approximate surface area is 84.9 Å². The van der Waals surface area contributed by atoms with E-state index in [1.165, 1.54) is 6.92 Å². The predicted molar refractivity (Wildman–Crippen MR) is 54.0 cm³/mol. The van der Waals surface area contributed by atoms with Crippen LogP contribution >= 0.6 is 0 Å². The maximum Gasteiger partial charge on any atom is 0.230 e. The SMILES string of the molecule is CCN1CCN(C(=O)CC(C)=O)CC1. The van der Waals surface area contributed by atoms with Gasteiger partial charge in [-0.25, -0.2) is 0 Å². The molecule has 0 radical (unpaired) electrons. The van der Waals surface area contributed by atoms with Gasteiger partial charge in [-0.1, -0.05) is 6.92 Å². The first-order valence-electron chi connectivity index (χ1n) is 5.13. The smallest absolute Gasteiger partial charge is 0.230 e. The van der Waals surface area contributed by atoms with E-state index in [1.807, 2.05) is 0 Å². The minimum absolute atomic E-state index is 0.0201. The number of rotatable bonds is 3. The Kier molecular flexibility index (Phi) is 4.07. The lowest BCUT2D eigenvalue weighted by Gasteiger charge is -2.33. The van der Waals surface area contributed by atoms with Crippen LogP contribution in [0.15, 0.2) is 0 Å². The lowest BCUT2D eigenvalue weighted by atomic mass is 10.2. The van der Waals surface area contributed by atoms with Crippen molar-refractivity contribution in [2.24, 2.45) is 0 Å². The molecule has 0 saturated carbocycles. The number of carbonyl (C=O) groups is 2. The van der Waals surface area contributed by atoms with Crippen LogP contribution in [-0.4, -0.2) is 54.2 Å². The van der Waals surface area contributed by atoms with E-state index >= 15 is 0 Å². The molecular formula is C10H18N2O2. The number of hydrogen-bond donors (Lipinski definition) is 0. The number of hydrogen-bond acceptors (Lipinski definition) is 3. The quantitative estimate of drug-likeness (QED) is 0.605. The van der Waals surface area contributed by atoms with E-state index < -0.39 is 0 Å². The van der Waals surface area contributed by atoms with Gasteiger partial charge in [-0.2, -0.15) is 0 Å². The molecule has 0 aromatic carbocycles. The number of amides is 1. The van der Waals surface area contributed by atoms with Gasteiger partial charge in [0.05, 0.1) is 6.42 Å². The number of piperazine rings is 1. The highest BCUT2D eigenvalue weighted by Gasteiger charge is 2.20. The van der Waals surface area contributed by atoms with Gasteiger partial charge in [-0.3, -0.25) is 9.59 Å². The van der Waals surface area contributed by atoms with Crippen molar-refractivity contribution < 1.29 is 9.59 Å². The van der Waals surface area contributed by atoms with Crippen LogP contribution < -0.4 is 0 Å². The molecule has 80 valence electrons. The lowest BCUT2D eigenvalue weighted by molar-refractivity contribution is -0.136. The summed E-state index contributed by atoms with van der Waals surface area (Å²) in [5.74, 6) is -0.0684. The third-order valence-corrected chi connectivity index (χ3v) is 2.57. The number of carbonyl (C=O) groups excluding carboxylic acids is 2. The minimum atomic E-state index is -0.0482. The van der Waals surface area contributed by atoms with Gasteiger partial charge in [0, 0.05) is 26.2 Å². The van der Waals surface area contributed by atoms with Gasteiger partial charge in [0.15, 0.2) is 0 Å². The van der Waals surface area contributed by atoms with Crippen LogP contribution in [0.25, 0.3) is 0 Å². The van der Waals surface area contributed by atoms with Crippen molar-refractivity contribution in [1.82, 2.24) is 9.80 Å². The summed E-state index contributed by atoms with van der Waals surface area (Å²) in [4.78, 5) is 26.3. The summed E-state index contributed by atoms with van der Waals surface area (Å²) in [7, 11) is 0. The molecule has 1 heterocycles. The summed E-state index contributed by atoms with van der Waals surface area (Å²) in [5.41, 5.74) is 0. The number of ketones is 1. The molecule has 1 amide bonds. The molecule has 0 aromatic heterocycles. The van der Waals surface area contributed by atoms with Crippen LogP contribution in [0.5, 0.6) is 0 Å². The van der Waals surface area contributed by atoms with Crippen molar-refractivity contribution in [3.8, 4) is 0 Å². The zero-order valence-electron chi connectivity index (χ0n) is 8.95. The van der Waals surface area contributed by atoms with Crippen molar-refractivity contribution >= 4 is 11.7 Å². The van der Waals surface area contributed by atoms with Crippen LogP contribution in [0.2, 0.25) is 0 Å². The highest BCUT2D eigenvalue weighted by atomic mass is 16.2. The highest BCUT2D eigenvalue weighted by Crippen LogP contribution is 2.03. The molecule has 0 bridgehead atoms. The first-order chi connectivity index (χ1) is 6.63. The first kappa shape index (κ1) is 11.2. The molecule has 1 rings (SSSR count). The van der Waals surface area contributed by atoms with E-state index in [0.717, 1.165) is 32.7 Å². The normalized spacial score (nSPS) is 18.3. The van der Waals surface area contributed by atoms with E-state index in [2.05, 4.69) is 11.8 Å². The Hall–Kier alpha value is -0.900. The van der Waals surface area contributed by atoms with Crippen LogP contribution in [0.3, 0.4) is 0 Å². The molecule has 4 nitrogen and oxygen atoms in total. The van der Waals surface area contributed by atoms with Crippen molar-refractivity contribution in [1.29, 1.82) is 0 Å². The van der Waals surface area contributed by atoms with Gasteiger partial charge in [0.2, 0.25) is 5.91 Å². The monoisotopic (exact) mass is 198 g/mol. The summed E-state index contributed by atoms with van der Waals surface area (Å²) in [6, 6.07) is 0. The fourth-order valence-electron chi connectivity index (χ4n) is 1.64. The van der Waals surface area contributed by atoms with Gasteiger partial charge < -0.3 is 9.80 Å². The summed E-state index contributed by atoms with van der Waals surface area (Å²) >= 11 is 0. The lowest BCUT2D eigenvalue weighted by Crippen LogP contribution is -2.48. The molecular weight excluding hydrogens is 180 g/mol. The van der Waals surface area contributed by atoms with E-state index in [1.54, 1.807) is 4.90 Å². The summed E-state index contributed by atoms with van der Waals surface area (Å²) in [5, 5.41) is 0. The minimum Gasteiger partial charge on any atom is -0.340 e. The standard InChI is InChI=1S/C10H18N2O2/c1-3-11-4-6-12(7-5-11)10(14)8-9(2)13/h3-8H2,1-2H3. The van der Waals surface area contributed by atoms with Gasteiger partial charge >= 0.3 is 0 Å². The molecule has 14 heavy (non-hydrogen) atoms. The summed E-state index contributed by atoms with van der Waals surface area (Å²) in [6.45, 7) is 8.00. The molecule has 1 aliphatic heterocycles. The van der Waals surface area contributed by atoms with E-state index in [9.17, 15) is 9.59 Å². The van der Waals surface area contributed by atoms with E-state index in [4.69, 9.17) is 0 Å². The molecule has 0 atom stereocenters. The molecule has 1 saturated heterocycles. The maximum atomic E-state index is 11.5. The zero-order valence-corrected chi connectivity index (χ0v) is 8.95. The molecule has 0 aromatic rings. The highest BCUT2D eigenvalue weighted by molar-refractivity contribution is 5.96. The van der Waals surface area contributed by atoms with Crippen molar-refractivity contribution in [2.75, 3.05) is 32.7 Å². The molecule has 0 unspecified atom stereocenters. The van der Waals surface area contributed by atoms with Crippen LogP contribution in [0.1, 0.15) is 20.3 Å². The zero-order chi connectivity index (χ0) is 10.6. The molecule has 1 fully saturated rings. The van der Waals surface area contributed by atoms with Gasteiger partial charge in [0.1, 0.15) is 5.78 Å². The van der Waals surface area contributed by atoms with Crippen molar-refractivity contribution in [2.45, 2.75) is 20.3 Å². The topological polar surface area (TPSA) is 40.6 Å². The average Bonchev–Trinajstić information content (AvgIpc) is 2.17. The summed E-state index contributed by atoms with van der Waals surface area (Å²) < 4.78 is 0. The average molecular weight is 198 g/mol. The Bertz CT molecular complexity index is 220. The Balaban J connectivity index is 2.34. The van der Waals surface area contributed by atoms with Gasteiger partial charge in [0.25, 0.3) is 0 Å². The number of likely N-dealkylation sites (N-methyl/N-ethyl adjacent to an activating group) is 1. The number of nitrogens with zero attached hydrogens (tertiary/aromatic N) is 2. The Morgan fingerprint density at radius 1 is 1.14 bits per heavy atom. The molecule has 0 aliphatic carbocycles. The van der Waals surface area contributed by atoms with E-state index in [-0.39, 0.29) is 18.1 Å². The molecule has 1 aliphatic rings. The Morgan fingerprint density at radius 3 is 2.14 bits per heavy atom. The Morgan fingerprint density at radius 2 is 1.71 bits per heavy atom. The fourth-order valence-corrected chi connectivity index (χ4v) is 1.64. The second-order valence-electron chi connectivity index (χ2n) is 3.69. The molecule has 0 spiro atoms. The second-order valence-corrected chi connectivity index (χ2v) is 3.69. The second kappa shape index (κ2) is 5.10. The first-order valence-corrected chi connectivity index (χ1v) is 5.13. The fraction of sp³-hybridized carbons (Fsp3) is 0.800. The van der Waals surface area contributed by atoms with Crippen LogP contribution in [0.4, 0.5) is 0 Å². The van der Waals surface area contributed by atoms with Crippen LogP contribution in [0, 0.1) is 0 Å². The van der Waals surface area contributed by atoms with Crippen molar-refractivity contribution in [3.63, 3.8) is 0 Å². The van der Waals surface area contributed by atoms with Crippen LogP contribution in [-0.2, 0) is 9.59 Å². The van der Waals surface area contributed by atoms with Gasteiger partial charge in [-0.15, -0.1) is 0 Å². The predicted octanol–water partition coefficient (Wildman–Crippen LogP) is 0.130. The third kappa shape index (κ3) is 3.10. The number of Topliss-reactive ketones (excluding diaryl/α,β-unsaturated/α-hetero) is 1. The molecule has 0 N–H and O–H groups in total. The third-order valence-electron chi connectivity index (χ3n) is 2.57. The maximum absolute atomic E-state index is 11.5. The summed E-state index contributed by atoms with van der Waals surface area (Å²) in [6.07, 6.45) is 0.0616. The van der Waals surface area contributed by atoms with Gasteiger partial charge in [-0.05, 0) is 13.5 Å². The molecule has 4 heteroatoms. The largest absolute Gasteiger partial charge is 0.340 e. The van der Waals surface area contributed by atoms with E-state index in [0.29, 0.717) is 0 Å². The van der Waals surface area contributed by atoms with Crippen molar-refractivity contribution in [3.05, 3.63) is 0 Å².